The second kappa shape index (κ2) is 5.36. The van der Waals surface area contributed by atoms with E-state index in [1.54, 1.807) is 0 Å². The van der Waals surface area contributed by atoms with Crippen LogP contribution in [0.25, 0.3) is 0 Å². The lowest BCUT2D eigenvalue weighted by Crippen LogP contribution is -2.46. The lowest BCUT2D eigenvalue weighted by Gasteiger charge is -2.33. The molecule has 0 aromatic rings. The van der Waals surface area contributed by atoms with Crippen LogP contribution in [0.3, 0.4) is 0 Å². The first kappa shape index (κ1) is 14.5. The van der Waals surface area contributed by atoms with Gasteiger partial charge in [0.05, 0.1) is 6.10 Å². The average molecular weight is 242 g/mol. The molecule has 0 spiro atoms. The Morgan fingerprint density at radius 3 is 2.53 bits per heavy atom. The van der Waals surface area contributed by atoms with E-state index in [9.17, 15) is 9.90 Å². The Bertz CT molecular complexity index is 277. The van der Waals surface area contributed by atoms with Crippen molar-refractivity contribution < 1.29 is 9.90 Å². The number of aliphatic hydroxyl groups is 1. The number of rotatable bonds is 4. The first-order valence-corrected chi connectivity index (χ1v) is 6.41. The Morgan fingerprint density at radius 2 is 2.06 bits per heavy atom. The Labute approximate surface area is 105 Å². The number of hydrogen-bond acceptors (Lipinski definition) is 3. The summed E-state index contributed by atoms with van der Waals surface area (Å²) in [7, 11) is 4.00. The van der Waals surface area contributed by atoms with Crippen molar-refractivity contribution in [3.63, 3.8) is 0 Å². The number of amides is 1. The van der Waals surface area contributed by atoms with E-state index in [-0.39, 0.29) is 23.5 Å². The van der Waals surface area contributed by atoms with Gasteiger partial charge in [0.2, 0.25) is 5.91 Å². The minimum atomic E-state index is -0.364. The van der Waals surface area contributed by atoms with Gasteiger partial charge in [-0.25, -0.2) is 0 Å². The summed E-state index contributed by atoms with van der Waals surface area (Å²) in [5.41, 5.74) is -0.325. The van der Waals surface area contributed by atoms with Crippen LogP contribution in [0.5, 0.6) is 0 Å². The molecule has 4 heteroatoms. The number of likely N-dealkylation sites (tertiary alicyclic amines) is 1. The Morgan fingerprint density at radius 1 is 1.47 bits per heavy atom. The standard InChI is InChI=1S/C13H26N2O2/c1-6-13(2,3)12(17)15-9-11(16)7-10(15)8-14(4)5/h10-11,16H,6-9H2,1-5H3. The van der Waals surface area contributed by atoms with E-state index in [4.69, 9.17) is 0 Å². The van der Waals surface area contributed by atoms with Gasteiger partial charge in [-0.2, -0.15) is 0 Å². The van der Waals surface area contributed by atoms with Crippen molar-refractivity contribution in [3.8, 4) is 0 Å². The highest BCUT2D eigenvalue weighted by Crippen LogP contribution is 2.28. The second-order valence-electron chi connectivity index (χ2n) is 6.00. The molecule has 17 heavy (non-hydrogen) atoms. The molecule has 1 rings (SSSR count). The van der Waals surface area contributed by atoms with Crippen LogP contribution in [0, 0.1) is 5.41 Å². The lowest BCUT2D eigenvalue weighted by atomic mass is 9.88. The molecule has 1 aliphatic rings. The number of likely N-dealkylation sites (N-methyl/N-ethyl adjacent to an activating group) is 1. The zero-order chi connectivity index (χ0) is 13.2. The summed E-state index contributed by atoms with van der Waals surface area (Å²) in [5, 5.41) is 9.76. The Balaban J connectivity index is 2.76. The molecule has 0 radical (unpaired) electrons. The minimum Gasteiger partial charge on any atom is -0.391 e. The number of aliphatic hydroxyl groups excluding tert-OH is 1. The van der Waals surface area contributed by atoms with E-state index in [0.717, 1.165) is 13.0 Å². The van der Waals surface area contributed by atoms with Crippen molar-refractivity contribution in [2.45, 2.75) is 45.8 Å². The van der Waals surface area contributed by atoms with E-state index >= 15 is 0 Å². The summed E-state index contributed by atoms with van der Waals surface area (Å²) in [6, 6.07) is 0.151. The number of carbonyl (C=O) groups is 1. The van der Waals surface area contributed by atoms with Gasteiger partial charge in [0.25, 0.3) is 0 Å². The van der Waals surface area contributed by atoms with Crippen LogP contribution in [0.4, 0.5) is 0 Å². The number of nitrogens with zero attached hydrogens (tertiary/aromatic N) is 2. The van der Waals surface area contributed by atoms with Gasteiger partial charge in [-0.3, -0.25) is 4.79 Å². The maximum Gasteiger partial charge on any atom is 0.228 e. The molecule has 2 atom stereocenters. The average Bonchev–Trinajstić information content (AvgIpc) is 2.57. The van der Waals surface area contributed by atoms with Gasteiger partial charge >= 0.3 is 0 Å². The third-order valence-electron chi connectivity index (χ3n) is 3.69. The maximum atomic E-state index is 12.4. The highest BCUT2D eigenvalue weighted by Gasteiger charge is 2.39. The molecule has 1 saturated heterocycles. The molecule has 100 valence electrons. The van der Waals surface area contributed by atoms with Crippen LogP contribution in [0.2, 0.25) is 0 Å². The molecular weight excluding hydrogens is 216 g/mol. The van der Waals surface area contributed by atoms with Gasteiger partial charge in [-0.05, 0) is 26.9 Å². The van der Waals surface area contributed by atoms with Crippen LogP contribution in [-0.4, -0.2) is 60.1 Å². The molecule has 2 unspecified atom stereocenters. The van der Waals surface area contributed by atoms with E-state index in [1.165, 1.54) is 0 Å². The monoisotopic (exact) mass is 242 g/mol. The van der Waals surface area contributed by atoms with Gasteiger partial charge < -0.3 is 14.9 Å². The minimum absolute atomic E-state index is 0.151. The van der Waals surface area contributed by atoms with Gasteiger partial charge in [0, 0.05) is 24.5 Å². The molecule has 0 aromatic heterocycles. The van der Waals surface area contributed by atoms with Crippen molar-refractivity contribution in [3.05, 3.63) is 0 Å². The molecule has 0 bridgehead atoms. The van der Waals surface area contributed by atoms with Crippen LogP contribution in [0.1, 0.15) is 33.6 Å². The summed E-state index contributed by atoms with van der Waals surface area (Å²) in [4.78, 5) is 16.4. The topological polar surface area (TPSA) is 43.8 Å². The molecule has 0 saturated carbocycles. The lowest BCUT2D eigenvalue weighted by molar-refractivity contribution is -0.141. The number of carbonyl (C=O) groups excluding carboxylic acids is 1. The molecule has 4 nitrogen and oxygen atoms in total. The van der Waals surface area contributed by atoms with Crippen molar-refractivity contribution in [1.82, 2.24) is 9.80 Å². The Hall–Kier alpha value is -0.610. The molecule has 1 amide bonds. The normalized spacial score (nSPS) is 25.7. The van der Waals surface area contributed by atoms with Crippen LogP contribution >= 0.6 is 0 Å². The van der Waals surface area contributed by atoms with Gasteiger partial charge in [-0.15, -0.1) is 0 Å². The van der Waals surface area contributed by atoms with Gasteiger partial charge in [-0.1, -0.05) is 20.8 Å². The first-order valence-electron chi connectivity index (χ1n) is 6.41. The van der Waals surface area contributed by atoms with E-state index in [1.807, 2.05) is 39.8 Å². The fraction of sp³-hybridized carbons (Fsp3) is 0.923. The largest absolute Gasteiger partial charge is 0.391 e. The van der Waals surface area contributed by atoms with E-state index in [2.05, 4.69) is 4.90 Å². The summed E-state index contributed by atoms with van der Waals surface area (Å²) in [5.74, 6) is 0.170. The highest BCUT2D eigenvalue weighted by molar-refractivity contribution is 5.82. The summed E-state index contributed by atoms with van der Waals surface area (Å²) in [6.45, 7) is 7.30. The predicted octanol–water partition coefficient (Wildman–Crippen LogP) is 0.946. The maximum absolute atomic E-state index is 12.4. The number of β-amino-alcohol motifs (C(OH)–C–C–N with tert-alkyl or cyclic N) is 1. The SMILES string of the molecule is CCC(C)(C)C(=O)N1CC(O)CC1CN(C)C. The summed E-state index contributed by atoms with van der Waals surface area (Å²) >= 11 is 0. The first-order chi connectivity index (χ1) is 7.77. The van der Waals surface area contributed by atoms with Gasteiger partial charge in [0.15, 0.2) is 0 Å². The summed E-state index contributed by atoms with van der Waals surface area (Å²) < 4.78 is 0. The number of hydrogen-bond donors (Lipinski definition) is 1. The fourth-order valence-electron chi connectivity index (χ4n) is 2.28. The molecule has 1 heterocycles. The van der Waals surface area contributed by atoms with Gasteiger partial charge in [0.1, 0.15) is 0 Å². The van der Waals surface area contributed by atoms with Crippen LogP contribution < -0.4 is 0 Å². The van der Waals surface area contributed by atoms with Crippen molar-refractivity contribution >= 4 is 5.91 Å². The van der Waals surface area contributed by atoms with Crippen LogP contribution in [0.15, 0.2) is 0 Å². The molecule has 0 aromatic carbocycles. The highest BCUT2D eigenvalue weighted by atomic mass is 16.3. The third-order valence-corrected chi connectivity index (χ3v) is 3.69. The second-order valence-corrected chi connectivity index (χ2v) is 6.00. The predicted molar refractivity (Wildman–Crippen MR) is 68.8 cm³/mol. The van der Waals surface area contributed by atoms with E-state index in [0.29, 0.717) is 13.0 Å². The Kier molecular flexibility index (Phi) is 4.55. The van der Waals surface area contributed by atoms with Crippen molar-refractivity contribution in [1.29, 1.82) is 0 Å². The zero-order valence-electron chi connectivity index (χ0n) is 11.7. The van der Waals surface area contributed by atoms with Crippen molar-refractivity contribution in [2.75, 3.05) is 27.2 Å². The molecule has 1 fully saturated rings. The molecule has 1 aliphatic heterocycles. The smallest absolute Gasteiger partial charge is 0.228 e. The zero-order valence-corrected chi connectivity index (χ0v) is 11.7. The molecule has 1 N–H and O–H groups in total. The third kappa shape index (κ3) is 3.42. The summed E-state index contributed by atoms with van der Waals surface area (Å²) in [6.07, 6.45) is 1.16. The molecular formula is C13H26N2O2. The van der Waals surface area contributed by atoms with E-state index < -0.39 is 0 Å². The fourth-order valence-corrected chi connectivity index (χ4v) is 2.28. The quantitative estimate of drug-likeness (QED) is 0.798. The van der Waals surface area contributed by atoms with Crippen molar-refractivity contribution in [2.24, 2.45) is 5.41 Å². The van der Waals surface area contributed by atoms with Crippen LogP contribution in [-0.2, 0) is 4.79 Å². The molecule has 0 aliphatic carbocycles.